The van der Waals surface area contributed by atoms with Crippen molar-refractivity contribution in [2.45, 2.75) is 51.0 Å². The van der Waals surface area contributed by atoms with E-state index < -0.39 is 6.09 Å². The minimum atomic E-state index is -0.927. The number of carboxylic acid groups (broad SMARTS) is 1. The standard InChI is InChI=1S/C38H52N6O4.3ClH/c1-39-23-11-25-41-37(46)31-17-19-32(20-18-31)40-24-10-4-7-16-36(45)42(2)28-29-43-26-21-33(22-27-43)44(38(47)48)35-15-9-8-14-34(35)30-12-5-3-6-13-30;;;/h3,5-6,8-9,12-15,17-20,33,39-40H,4,7,10-11,16,21-29H2,1-2H3,(H,41,46)(H,47,48);3*1H. The van der Waals surface area contributed by atoms with E-state index in [0.717, 1.165) is 93.8 Å². The molecule has 51 heavy (non-hydrogen) atoms. The normalized spacial score (nSPS) is 12.7. The SMILES string of the molecule is CNCCCNC(=O)c1ccc(NCCCCCC(=O)N(C)CCN2CCC(N(C(=O)O)c3ccccc3-c3ccccc3)CC2)cc1.Cl.Cl.Cl. The van der Waals surface area contributed by atoms with Crippen molar-refractivity contribution in [2.24, 2.45) is 0 Å². The number of carbonyl (C=O) groups is 3. The zero-order valence-corrected chi connectivity index (χ0v) is 32.2. The minimum Gasteiger partial charge on any atom is -0.465 e. The fourth-order valence-electron chi connectivity index (χ4n) is 6.13. The third kappa shape index (κ3) is 14.5. The highest BCUT2D eigenvalue weighted by Gasteiger charge is 2.30. The molecule has 3 aromatic rings. The molecular formula is C38H55Cl3N6O4. The maximum atomic E-state index is 12.8. The minimum absolute atomic E-state index is 0. The number of halogens is 3. The summed E-state index contributed by atoms with van der Waals surface area (Å²) in [6, 6.07) is 25.1. The van der Waals surface area contributed by atoms with Crippen molar-refractivity contribution in [3.05, 3.63) is 84.4 Å². The fraction of sp³-hybridized carbons (Fsp3) is 0.447. The molecule has 1 heterocycles. The summed E-state index contributed by atoms with van der Waals surface area (Å²) in [5.74, 6) is 0.104. The Balaban J connectivity index is 0.00000433. The predicted octanol–water partition coefficient (Wildman–Crippen LogP) is 7.04. The number of anilines is 2. The molecule has 0 unspecified atom stereocenters. The first-order valence-electron chi connectivity index (χ1n) is 17.3. The van der Waals surface area contributed by atoms with Crippen LogP contribution >= 0.6 is 37.2 Å². The van der Waals surface area contributed by atoms with Gasteiger partial charge in [0.25, 0.3) is 5.91 Å². The van der Waals surface area contributed by atoms with Gasteiger partial charge in [-0.1, -0.05) is 55.0 Å². The van der Waals surface area contributed by atoms with Gasteiger partial charge in [-0.2, -0.15) is 0 Å². The number of unbranched alkanes of at least 4 members (excludes halogenated alkanes) is 2. The molecule has 0 spiro atoms. The molecule has 0 radical (unpaired) electrons. The van der Waals surface area contributed by atoms with Crippen molar-refractivity contribution in [1.82, 2.24) is 20.4 Å². The lowest BCUT2D eigenvalue weighted by atomic mass is 9.98. The van der Waals surface area contributed by atoms with Crippen molar-refractivity contribution in [3.63, 3.8) is 0 Å². The molecule has 1 fully saturated rings. The van der Waals surface area contributed by atoms with Crippen LogP contribution in [0.1, 0.15) is 55.3 Å². The summed E-state index contributed by atoms with van der Waals surface area (Å²) in [4.78, 5) is 43.2. The van der Waals surface area contributed by atoms with Gasteiger partial charge in [0, 0.05) is 75.6 Å². The number of benzene rings is 3. The Bertz CT molecular complexity index is 1440. The second-order valence-corrected chi connectivity index (χ2v) is 12.5. The summed E-state index contributed by atoms with van der Waals surface area (Å²) in [6.45, 7) is 5.37. The van der Waals surface area contributed by atoms with Gasteiger partial charge in [-0.3, -0.25) is 14.5 Å². The van der Waals surface area contributed by atoms with Gasteiger partial charge in [0.15, 0.2) is 0 Å². The number of nitrogens with one attached hydrogen (secondary N) is 3. The number of rotatable bonds is 18. The van der Waals surface area contributed by atoms with E-state index in [-0.39, 0.29) is 55.1 Å². The van der Waals surface area contributed by atoms with Crippen molar-refractivity contribution >= 4 is 66.5 Å². The lowest BCUT2D eigenvalue weighted by molar-refractivity contribution is -0.130. The van der Waals surface area contributed by atoms with Crippen LogP contribution in [0.2, 0.25) is 0 Å². The maximum absolute atomic E-state index is 12.8. The van der Waals surface area contributed by atoms with Crippen LogP contribution in [0.3, 0.4) is 0 Å². The third-order valence-corrected chi connectivity index (χ3v) is 8.99. The first kappa shape index (κ1) is 45.5. The average molecular weight is 766 g/mol. The van der Waals surface area contributed by atoms with Crippen molar-refractivity contribution in [1.29, 1.82) is 0 Å². The van der Waals surface area contributed by atoms with Gasteiger partial charge in [0.1, 0.15) is 0 Å². The van der Waals surface area contributed by atoms with Crippen molar-refractivity contribution < 1.29 is 19.5 Å². The Labute approximate surface area is 322 Å². The van der Waals surface area contributed by atoms with Gasteiger partial charge >= 0.3 is 6.09 Å². The van der Waals surface area contributed by atoms with E-state index in [1.165, 1.54) is 0 Å². The number of amides is 3. The van der Waals surface area contributed by atoms with Crippen LogP contribution < -0.4 is 20.9 Å². The third-order valence-electron chi connectivity index (χ3n) is 8.99. The summed E-state index contributed by atoms with van der Waals surface area (Å²) >= 11 is 0. The molecule has 0 saturated carbocycles. The number of likely N-dealkylation sites (tertiary alicyclic amines) is 1. The van der Waals surface area contributed by atoms with Gasteiger partial charge in [-0.25, -0.2) is 4.79 Å². The first-order chi connectivity index (χ1) is 23.4. The zero-order valence-electron chi connectivity index (χ0n) is 29.7. The first-order valence-corrected chi connectivity index (χ1v) is 17.3. The van der Waals surface area contributed by atoms with E-state index in [1.54, 1.807) is 4.90 Å². The van der Waals surface area contributed by atoms with E-state index in [1.807, 2.05) is 97.9 Å². The molecule has 0 aliphatic carbocycles. The van der Waals surface area contributed by atoms with Crippen molar-refractivity contribution in [3.8, 4) is 11.1 Å². The highest BCUT2D eigenvalue weighted by molar-refractivity contribution is 5.94. The Kier molecular flexibility index (Phi) is 21.9. The number of hydrogen-bond acceptors (Lipinski definition) is 6. The second kappa shape index (κ2) is 24.6. The molecule has 3 aromatic carbocycles. The maximum Gasteiger partial charge on any atom is 0.412 e. The number of para-hydroxylation sites is 1. The van der Waals surface area contributed by atoms with Crippen molar-refractivity contribution in [2.75, 3.05) is 70.1 Å². The Morgan fingerprint density at radius 3 is 2.14 bits per heavy atom. The molecule has 10 nitrogen and oxygen atoms in total. The summed E-state index contributed by atoms with van der Waals surface area (Å²) < 4.78 is 0. The Morgan fingerprint density at radius 2 is 1.47 bits per heavy atom. The van der Waals surface area contributed by atoms with Crippen LogP contribution in [-0.2, 0) is 4.79 Å². The quantitative estimate of drug-likeness (QED) is 0.103. The van der Waals surface area contributed by atoms with Crippen LogP contribution in [0, 0.1) is 0 Å². The molecular weight excluding hydrogens is 711 g/mol. The predicted molar refractivity (Wildman–Crippen MR) is 216 cm³/mol. The molecule has 4 N–H and O–H groups in total. The number of nitrogens with zero attached hydrogens (tertiary/aromatic N) is 3. The Morgan fingerprint density at radius 1 is 0.804 bits per heavy atom. The smallest absolute Gasteiger partial charge is 0.412 e. The molecule has 4 rings (SSSR count). The summed E-state index contributed by atoms with van der Waals surface area (Å²) in [7, 11) is 3.77. The van der Waals surface area contributed by atoms with Crippen LogP contribution in [0.15, 0.2) is 78.9 Å². The molecule has 3 amide bonds. The molecule has 1 aliphatic rings. The number of piperidine rings is 1. The van der Waals surface area contributed by atoms with Gasteiger partial charge < -0.3 is 30.9 Å². The van der Waals surface area contributed by atoms with Gasteiger partial charge in [0.05, 0.1) is 5.69 Å². The summed E-state index contributed by atoms with van der Waals surface area (Å²) in [6.07, 6.45) is 4.76. The monoisotopic (exact) mass is 764 g/mol. The summed E-state index contributed by atoms with van der Waals surface area (Å²) in [5, 5.41) is 19.6. The van der Waals surface area contributed by atoms with Gasteiger partial charge in [0.2, 0.25) is 5.91 Å². The summed E-state index contributed by atoms with van der Waals surface area (Å²) in [5.41, 5.74) is 4.28. The highest BCUT2D eigenvalue weighted by Crippen LogP contribution is 2.34. The number of carbonyl (C=O) groups excluding carboxylic acids is 2. The molecule has 0 atom stereocenters. The molecule has 13 heteroatoms. The number of hydrogen-bond donors (Lipinski definition) is 4. The Hall–Kier alpha value is -3.54. The van der Waals surface area contributed by atoms with Gasteiger partial charge in [-0.05, 0) is 81.6 Å². The van der Waals surface area contributed by atoms with E-state index in [0.29, 0.717) is 25.1 Å². The number of likely N-dealkylation sites (N-methyl/N-ethyl adjacent to an activating group) is 1. The van der Waals surface area contributed by atoms with E-state index in [2.05, 4.69) is 20.9 Å². The van der Waals surface area contributed by atoms with E-state index >= 15 is 0 Å². The van der Waals surface area contributed by atoms with Crippen LogP contribution in [0.4, 0.5) is 16.2 Å². The van der Waals surface area contributed by atoms with Gasteiger partial charge in [-0.15, -0.1) is 37.2 Å². The zero-order chi connectivity index (χ0) is 34.1. The average Bonchev–Trinajstić information content (AvgIpc) is 3.11. The molecule has 0 bridgehead atoms. The lowest BCUT2D eigenvalue weighted by Gasteiger charge is -2.38. The van der Waals surface area contributed by atoms with Crippen LogP contribution in [0.25, 0.3) is 11.1 Å². The fourth-order valence-corrected chi connectivity index (χ4v) is 6.13. The van der Waals surface area contributed by atoms with E-state index in [4.69, 9.17) is 0 Å². The van der Waals surface area contributed by atoms with E-state index in [9.17, 15) is 19.5 Å². The highest BCUT2D eigenvalue weighted by atomic mass is 35.5. The molecule has 0 aromatic heterocycles. The molecule has 282 valence electrons. The largest absolute Gasteiger partial charge is 0.465 e. The molecule has 1 saturated heterocycles. The van der Waals surface area contributed by atoms with Crippen LogP contribution in [-0.4, -0.2) is 98.8 Å². The topological polar surface area (TPSA) is 117 Å². The second-order valence-electron chi connectivity index (χ2n) is 12.5. The van der Waals surface area contributed by atoms with Crippen LogP contribution in [0.5, 0.6) is 0 Å². The lowest BCUT2D eigenvalue weighted by Crippen LogP contribution is -2.48. The molecule has 1 aliphatic heterocycles.